The van der Waals surface area contributed by atoms with Gasteiger partial charge in [0.05, 0.1) is 19.1 Å². The Bertz CT molecular complexity index is 724. The molecular formula is C23H27NO3. The normalized spacial score (nSPS) is 27.7. The van der Waals surface area contributed by atoms with Crippen LogP contribution in [0.25, 0.3) is 0 Å². The van der Waals surface area contributed by atoms with Gasteiger partial charge in [-0.1, -0.05) is 60.7 Å². The molecule has 142 valence electrons. The second-order valence-electron chi connectivity index (χ2n) is 7.62. The van der Waals surface area contributed by atoms with Crippen molar-refractivity contribution in [3.05, 3.63) is 71.8 Å². The van der Waals surface area contributed by atoms with Gasteiger partial charge in [0.2, 0.25) is 0 Å². The molecule has 2 saturated heterocycles. The van der Waals surface area contributed by atoms with Crippen LogP contribution >= 0.6 is 0 Å². The molecule has 0 unspecified atom stereocenters. The van der Waals surface area contributed by atoms with Gasteiger partial charge in [-0.25, -0.2) is 0 Å². The summed E-state index contributed by atoms with van der Waals surface area (Å²) in [5.41, 5.74) is 2.22. The topological polar surface area (TPSA) is 38.8 Å². The minimum Gasteiger partial charge on any atom is -0.469 e. The number of rotatable bonds is 5. The second-order valence-corrected chi connectivity index (χ2v) is 7.62. The summed E-state index contributed by atoms with van der Waals surface area (Å²) >= 11 is 0. The molecule has 0 amide bonds. The highest BCUT2D eigenvalue weighted by Gasteiger charge is 2.50. The number of methoxy groups -OCH3 is 1. The number of fused-ring (bicyclic) bond motifs is 2. The third-order valence-corrected chi connectivity index (χ3v) is 6.20. The molecule has 4 atom stereocenters. The zero-order valence-corrected chi connectivity index (χ0v) is 16.0. The minimum atomic E-state index is -0.242. The molecule has 0 aliphatic carbocycles. The maximum absolute atomic E-state index is 12.6. The first-order valence-corrected chi connectivity index (χ1v) is 9.74. The summed E-state index contributed by atoms with van der Waals surface area (Å²) in [5.74, 6) is -0.397. The van der Waals surface area contributed by atoms with E-state index in [4.69, 9.17) is 9.47 Å². The fraction of sp³-hybridized carbons (Fsp3) is 0.435. The lowest BCUT2D eigenvalue weighted by molar-refractivity contribution is -0.162. The summed E-state index contributed by atoms with van der Waals surface area (Å²) in [7, 11) is 3.60. The van der Waals surface area contributed by atoms with Crippen molar-refractivity contribution >= 4 is 5.97 Å². The van der Waals surface area contributed by atoms with Crippen LogP contribution in [0, 0.1) is 5.92 Å². The molecule has 0 radical (unpaired) electrons. The molecule has 2 aromatic rings. The number of piperidine rings is 1. The second kappa shape index (κ2) is 7.83. The Morgan fingerprint density at radius 3 is 2.15 bits per heavy atom. The van der Waals surface area contributed by atoms with Gasteiger partial charge in [-0.15, -0.1) is 0 Å². The lowest BCUT2D eigenvalue weighted by atomic mass is 9.87. The average Bonchev–Trinajstić information content (AvgIpc) is 2.96. The molecule has 27 heavy (non-hydrogen) atoms. The van der Waals surface area contributed by atoms with E-state index >= 15 is 0 Å². The molecule has 4 nitrogen and oxygen atoms in total. The highest BCUT2D eigenvalue weighted by molar-refractivity contribution is 5.74. The highest BCUT2D eigenvalue weighted by Crippen LogP contribution is 2.42. The first-order chi connectivity index (χ1) is 13.2. The number of esters is 1. The molecule has 4 heteroatoms. The Labute approximate surface area is 161 Å². The average molecular weight is 365 g/mol. The van der Waals surface area contributed by atoms with Gasteiger partial charge >= 0.3 is 5.97 Å². The van der Waals surface area contributed by atoms with E-state index in [-0.39, 0.29) is 30.1 Å². The fourth-order valence-electron chi connectivity index (χ4n) is 4.79. The summed E-state index contributed by atoms with van der Waals surface area (Å²) in [6, 6.07) is 21.2. The fourth-order valence-corrected chi connectivity index (χ4v) is 4.79. The third-order valence-electron chi connectivity index (χ3n) is 6.20. The summed E-state index contributed by atoms with van der Waals surface area (Å²) in [4.78, 5) is 15.0. The predicted octanol–water partition coefficient (Wildman–Crippen LogP) is 3.82. The van der Waals surface area contributed by atoms with E-state index in [1.165, 1.54) is 7.11 Å². The van der Waals surface area contributed by atoms with Gasteiger partial charge < -0.3 is 9.47 Å². The number of carbonyl (C=O) groups is 1. The van der Waals surface area contributed by atoms with Crippen LogP contribution in [0.1, 0.15) is 36.5 Å². The van der Waals surface area contributed by atoms with Crippen molar-refractivity contribution in [3.63, 3.8) is 0 Å². The summed E-state index contributed by atoms with van der Waals surface area (Å²) in [6.45, 7) is 0. The molecule has 2 bridgehead atoms. The standard InChI is InChI=1S/C23H27NO3/c1-24-18-13-14-19(24)21(23(25)26-2)20(15-18)27-22(16-9-5-3-6-10-16)17-11-7-4-8-12-17/h3-12,18-22H,13-15H2,1-2H3/t18-,19-,20+,21+/m0/s1. The number of carbonyl (C=O) groups excluding carboxylic acids is 1. The van der Waals surface area contributed by atoms with E-state index in [1.54, 1.807) is 0 Å². The van der Waals surface area contributed by atoms with Crippen molar-refractivity contribution < 1.29 is 14.3 Å². The third kappa shape index (κ3) is 3.52. The van der Waals surface area contributed by atoms with Crippen LogP contribution in [0.15, 0.2) is 60.7 Å². The number of nitrogens with zero attached hydrogens (tertiary/aromatic N) is 1. The molecule has 2 aliphatic heterocycles. The van der Waals surface area contributed by atoms with E-state index in [0.29, 0.717) is 6.04 Å². The van der Waals surface area contributed by atoms with Crippen LogP contribution in [0.2, 0.25) is 0 Å². The van der Waals surface area contributed by atoms with E-state index < -0.39 is 0 Å². The Balaban J connectivity index is 1.66. The Kier molecular flexibility index (Phi) is 5.28. The van der Waals surface area contributed by atoms with Gasteiger partial charge in [-0.2, -0.15) is 0 Å². The van der Waals surface area contributed by atoms with Crippen molar-refractivity contribution in [2.24, 2.45) is 5.92 Å². The van der Waals surface area contributed by atoms with Crippen molar-refractivity contribution in [2.45, 2.75) is 43.6 Å². The van der Waals surface area contributed by atoms with Gasteiger partial charge in [0.15, 0.2) is 0 Å². The number of hydrogen-bond acceptors (Lipinski definition) is 4. The van der Waals surface area contributed by atoms with Gasteiger partial charge in [-0.3, -0.25) is 9.69 Å². The summed E-state index contributed by atoms with van der Waals surface area (Å²) in [6.07, 6.45) is 2.69. The molecule has 4 rings (SSSR count). The Morgan fingerprint density at radius 1 is 1.00 bits per heavy atom. The highest BCUT2D eigenvalue weighted by atomic mass is 16.5. The Hall–Kier alpha value is -2.17. The smallest absolute Gasteiger partial charge is 0.312 e. The lowest BCUT2D eigenvalue weighted by Gasteiger charge is -2.42. The lowest BCUT2D eigenvalue weighted by Crippen LogP contribution is -2.53. The quantitative estimate of drug-likeness (QED) is 0.755. The van der Waals surface area contributed by atoms with Gasteiger partial charge in [0, 0.05) is 12.1 Å². The van der Waals surface area contributed by atoms with Gasteiger partial charge in [-0.05, 0) is 37.4 Å². The van der Waals surface area contributed by atoms with Gasteiger partial charge in [0.25, 0.3) is 0 Å². The maximum Gasteiger partial charge on any atom is 0.312 e. The van der Waals surface area contributed by atoms with Crippen LogP contribution in [0.4, 0.5) is 0 Å². The molecular weight excluding hydrogens is 338 g/mol. The number of hydrogen-bond donors (Lipinski definition) is 0. The molecule has 2 heterocycles. The van der Waals surface area contributed by atoms with Gasteiger partial charge in [0.1, 0.15) is 6.10 Å². The zero-order valence-electron chi connectivity index (χ0n) is 16.0. The molecule has 0 saturated carbocycles. The molecule has 2 aromatic carbocycles. The monoisotopic (exact) mass is 365 g/mol. The van der Waals surface area contributed by atoms with Crippen LogP contribution in [0.3, 0.4) is 0 Å². The van der Waals surface area contributed by atoms with E-state index in [2.05, 4.69) is 36.2 Å². The SMILES string of the molecule is COC(=O)[C@H]1[C@H](OC(c2ccccc2)c2ccccc2)C[C@@H]2CC[C@@H]1N2C. The first-order valence-electron chi connectivity index (χ1n) is 9.74. The maximum atomic E-state index is 12.6. The van der Waals surface area contributed by atoms with E-state index in [9.17, 15) is 4.79 Å². The van der Waals surface area contributed by atoms with Crippen LogP contribution in [-0.2, 0) is 14.3 Å². The molecule has 2 fully saturated rings. The zero-order chi connectivity index (χ0) is 18.8. The number of ether oxygens (including phenoxy) is 2. The molecule has 2 aliphatic rings. The largest absolute Gasteiger partial charge is 0.469 e. The van der Waals surface area contributed by atoms with E-state index in [1.807, 2.05) is 36.4 Å². The van der Waals surface area contributed by atoms with Crippen molar-refractivity contribution in [2.75, 3.05) is 14.2 Å². The van der Waals surface area contributed by atoms with Crippen molar-refractivity contribution in [3.8, 4) is 0 Å². The van der Waals surface area contributed by atoms with Crippen molar-refractivity contribution in [1.29, 1.82) is 0 Å². The molecule has 0 aromatic heterocycles. The molecule has 0 N–H and O–H groups in total. The summed E-state index contributed by atoms with van der Waals surface area (Å²) < 4.78 is 11.9. The van der Waals surface area contributed by atoms with Crippen molar-refractivity contribution in [1.82, 2.24) is 4.90 Å². The van der Waals surface area contributed by atoms with Crippen LogP contribution < -0.4 is 0 Å². The Morgan fingerprint density at radius 2 is 1.59 bits per heavy atom. The van der Waals surface area contributed by atoms with E-state index in [0.717, 1.165) is 30.4 Å². The predicted molar refractivity (Wildman–Crippen MR) is 104 cm³/mol. The van der Waals surface area contributed by atoms with Crippen LogP contribution in [0.5, 0.6) is 0 Å². The minimum absolute atomic E-state index is 0.142. The van der Waals surface area contributed by atoms with Crippen LogP contribution in [-0.4, -0.2) is 43.2 Å². The number of benzene rings is 2. The summed E-state index contributed by atoms with van der Waals surface area (Å²) in [5, 5.41) is 0. The first kappa shape index (κ1) is 18.2. The molecule has 0 spiro atoms.